The molecule has 0 saturated carbocycles. The molecular formula is C13H23N3O3S. The summed E-state index contributed by atoms with van der Waals surface area (Å²) in [5.41, 5.74) is 0. The van der Waals surface area contributed by atoms with Crippen LogP contribution >= 0.6 is 0 Å². The highest BCUT2D eigenvalue weighted by molar-refractivity contribution is 7.89. The third kappa shape index (κ3) is 2.71. The van der Waals surface area contributed by atoms with E-state index in [4.69, 9.17) is 0 Å². The van der Waals surface area contributed by atoms with Gasteiger partial charge in [0.15, 0.2) is 0 Å². The van der Waals surface area contributed by atoms with Crippen LogP contribution in [0.2, 0.25) is 0 Å². The molecule has 3 atom stereocenters. The molecule has 20 heavy (non-hydrogen) atoms. The SMILES string of the molecule is O=C1CCC2CN(S(=O)(=O)C3CCCNC3)CCC2N1. The van der Waals surface area contributed by atoms with E-state index in [2.05, 4.69) is 10.6 Å². The van der Waals surface area contributed by atoms with Crippen molar-refractivity contribution in [3.63, 3.8) is 0 Å². The topological polar surface area (TPSA) is 78.5 Å². The Morgan fingerprint density at radius 2 is 2.05 bits per heavy atom. The quantitative estimate of drug-likeness (QED) is 0.732. The van der Waals surface area contributed by atoms with Gasteiger partial charge in [-0.05, 0) is 38.1 Å². The van der Waals surface area contributed by atoms with Crippen molar-refractivity contribution in [2.24, 2.45) is 5.92 Å². The fourth-order valence-corrected chi connectivity index (χ4v) is 5.57. The number of sulfonamides is 1. The summed E-state index contributed by atoms with van der Waals surface area (Å²) in [4.78, 5) is 11.4. The Morgan fingerprint density at radius 1 is 1.20 bits per heavy atom. The molecule has 3 heterocycles. The Kier molecular flexibility index (Phi) is 4.01. The fourth-order valence-electron chi connectivity index (χ4n) is 3.59. The van der Waals surface area contributed by atoms with Gasteiger partial charge < -0.3 is 10.6 Å². The van der Waals surface area contributed by atoms with E-state index in [0.717, 1.165) is 32.2 Å². The average Bonchev–Trinajstić information content (AvgIpc) is 2.47. The van der Waals surface area contributed by atoms with Crippen molar-refractivity contribution in [3.8, 4) is 0 Å². The standard InChI is InChI=1S/C13H23N3O3S/c17-13-4-3-10-9-16(7-5-12(10)15-13)20(18,19)11-2-1-6-14-8-11/h10-12,14H,1-9H2,(H,15,17). The van der Waals surface area contributed by atoms with Crippen molar-refractivity contribution < 1.29 is 13.2 Å². The second kappa shape index (κ2) is 5.61. The number of nitrogens with one attached hydrogen (secondary N) is 2. The van der Waals surface area contributed by atoms with Gasteiger partial charge in [0.05, 0.1) is 5.25 Å². The molecule has 0 aliphatic carbocycles. The van der Waals surface area contributed by atoms with Crippen LogP contribution in [0.4, 0.5) is 0 Å². The van der Waals surface area contributed by atoms with Gasteiger partial charge in [0, 0.05) is 32.1 Å². The highest BCUT2D eigenvalue weighted by atomic mass is 32.2. The van der Waals surface area contributed by atoms with Crippen LogP contribution in [-0.2, 0) is 14.8 Å². The first-order valence-corrected chi connectivity index (χ1v) is 9.07. The molecule has 0 aromatic rings. The number of carbonyl (C=O) groups excluding carboxylic acids is 1. The molecule has 0 spiro atoms. The zero-order chi connectivity index (χ0) is 14.2. The van der Waals surface area contributed by atoms with Gasteiger partial charge in [-0.25, -0.2) is 12.7 Å². The molecule has 2 N–H and O–H groups in total. The molecule has 0 bridgehead atoms. The summed E-state index contributed by atoms with van der Waals surface area (Å²) < 4.78 is 27.0. The molecule has 7 heteroatoms. The number of amides is 1. The van der Waals surface area contributed by atoms with Crippen LogP contribution in [0, 0.1) is 5.92 Å². The summed E-state index contributed by atoms with van der Waals surface area (Å²) in [6.07, 6.45) is 3.78. The summed E-state index contributed by atoms with van der Waals surface area (Å²) >= 11 is 0. The Balaban J connectivity index is 1.67. The summed E-state index contributed by atoms with van der Waals surface area (Å²) in [5, 5.41) is 5.90. The smallest absolute Gasteiger partial charge is 0.220 e. The predicted molar refractivity (Wildman–Crippen MR) is 75.7 cm³/mol. The normalized spacial score (nSPS) is 36.2. The van der Waals surface area contributed by atoms with Gasteiger partial charge in [-0.3, -0.25) is 4.79 Å². The number of hydrogen-bond acceptors (Lipinski definition) is 4. The zero-order valence-electron chi connectivity index (χ0n) is 11.7. The van der Waals surface area contributed by atoms with Crippen molar-refractivity contribution in [2.45, 2.75) is 43.4 Å². The van der Waals surface area contributed by atoms with Gasteiger partial charge in [0.2, 0.25) is 15.9 Å². The maximum atomic E-state index is 12.7. The van der Waals surface area contributed by atoms with Crippen molar-refractivity contribution in [2.75, 3.05) is 26.2 Å². The second-order valence-corrected chi connectivity index (χ2v) is 8.35. The summed E-state index contributed by atoms with van der Waals surface area (Å²) in [5.74, 6) is 0.395. The molecule has 3 rings (SSSR count). The predicted octanol–water partition coefficient (Wildman–Crippen LogP) is -0.331. The first kappa shape index (κ1) is 14.3. The van der Waals surface area contributed by atoms with E-state index in [1.807, 2.05) is 0 Å². The second-order valence-electron chi connectivity index (χ2n) is 6.13. The average molecular weight is 301 g/mol. The van der Waals surface area contributed by atoms with Crippen LogP contribution in [0.25, 0.3) is 0 Å². The van der Waals surface area contributed by atoms with E-state index < -0.39 is 10.0 Å². The minimum atomic E-state index is -3.19. The highest BCUT2D eigenvalue weighted by Crippen LogP contribution is 2.28. The number of hydrogen-bond donors (Lipinski definition) is 2. The minimum absolute atomic E-state index is 0.110. The van der Waals surface area contributed by atoms with Gasteiger partial charge in [-0.15, -0.1) is 0 Å². The number of fused-ring (bicyclic) bond motifs is 1. The summed E-state index contributed by atoms with van der Waals surface area (Å²) in [6, 6.07) is 0.173. The lowest BCUT2D eigenvalue weighted by Crippen LogP contribution is -2.57. The number of piperidine rings is 3. The lowest BCUT2D eigenvalue weighted by Gasteiger charge is -2.42. The first-order valence-electron chi connectivity index (χ1n) is 7.56. The van der Waals surface area contributed by atoms with Crippen LogP contribution < -0.4 is 10.6 Å². The Bertz CT molecular complexity index is 473. The summed E-state index contributed by atoms with van der Waals surface area (Å²) in [6.45, 7) is 2.61. The van der Waals surface area contributed by atoms with Crippen molar-refractivity contribution in [1.82, 2.24) is 14.9 Å². The Hall–Kier alpha value is -0.660. The van der Waals surface area contributed by atoms with Crippen LogP contribution in [-0.4, -0.2) is 56.1 Å². The fraction of sp³-hybridized carbons (Fsp3) is 0.923. The van der Waals surface area contributed by atoms with Crippen LogP contribution in [0.1, 0.15) is 32.1 Å². The lowest BCUT2D eigenvalue weighted by molar-refractivity contribution is -0.124. The van der Waals surface area contributed by atoms with E-state index in [-0.39, 0.29) is 23.1 Å². The third-order valence-corrected chi connectivity index (χ3v) is 7.11. The van der Waals surface area contributed by atoms with Gasteiger partial charge in [-0.1, -0.05) is 0 Å². The number of rotatable bonds is 2. The van der Waals surface area contributed by atoms with Crippen LogP contribution in [0.3, 0.4) is 0 Å². The van der Waals surface area contributed by atoms with Gasteiger partial charge in [0.1, 0.15) is 0 Å². The van der Waals surface area contributed by atoms with Gasteiger partial charge >= 0.3 is 0 Å². The van der Waals surface area contributed by atoms with E-state index >= 15 is 0 Å². The Morgan fingerprint density at radius 3 is 2.80 bits per heavy atom. The third-order valence-electron chi connectivity index (χ3n) is 4.82. The lowest BCUT2D eigenvalue weighted by atomic mass is 9.86. The molecule has 3 saturated heterocycles. The van der Waals surface area contributed by atoms with E-state index in [9.17, 15) is 13.2 Å². The molecule has 0 aromatic carbocycles. The molecule has 1 amide bonds. The maximum Gasteiger partial charge on any atom is 0.220 e. The first-order chi connectivity index (χ1) is 9.57. The molecule has 3 unspecified atom stereocenters. The van der Waals surface area contributed by atoms with Crippen molar-refractivity contribution in [1.29, 1.82) is 0 Å². The van der Waals surface area contributed by atoms with Crippen LogP contribution in [0.5, 0.6) is 0 Å². The van der Waals surface area contributed by atoms with Gasteiger partial charge in [-0.2, -0.15) is 0 Å². The summed E-state index contributed by atoms with van der Waals surface area (Å²) in [7, 11) is -3.19. The molecule has 3 aliphatic rings. The Labute approximate surface area is 120 Å². The maximum absolute atomic E-state index is 12.7. The molecule has 0 aromatic heterocycles. The van der Waals surface area contributed by atoms with E-state index in [0.29, 0.717) is 26.1 Å². The van der Waals surface area contributed by atoms with Crippen LogP contribution in [0.15, 0.2) is 0 Å². The minimum Gasteiger partial charge on any atom is -0.353 e. The van der Waals surface area contributed by atoms with E-state index in [1.54, 1.807) is 4.31 Å². The zero-order valence-corrected chi connectivity index (χ0v) is 12.5. The molecule has 6 nitrogen and oxygen atoms in total. The van der Waals surface area contributed by atoms with Crippen molar-refractivity contribution in [3.05, 3.63) is 0 Å². The molecular weight excluding hydrogens is 278 g/mol. The van der Waals surface area contributed by atoms with Crippen molar-refractivity contribution >= 4 is 15.9 Å². The highest BCUT2D eigenvalue weighted by Gasteiger charge is 2.40. The molecule has 114 valence electrons. The molecule has 0 radical (unpaired) electrons. The largest absolute Gasteiger partial charge is 0.353 e. The molecule has 3 fully saturated rings. The van der Waals surface area contributed by atoms with Gasteiger partial charge in [0.25, 0.3) is 0 Å². The number of carbonyl (C=O) groups is 1. The number of nitrogens with zero attached hydrogens (tertiary/aromatic N) is 1. The monoisotopic (exact) mass is 301 g/mol. The van der Waals surface area contributed by atoms with E-state index in [1.165, 1.54) is 0 Å². The molecule has 3 aliphatic heterocycles.